The smallest absolute Gasteiger partial charge is 0.306 e. The lowest BCUT2D eigenvalue weighted by Gasteiger charge is -2.25. The Labute approximate surface area is 66.3 Å². The average Bonchev–Trinajstić information content (AvgIpc) is 2.08. The minimum atomic E-state index is -0.734. The number of likely N-dealkylation sites (N-methyl/N-ethyl adjacent to an activating group) is 1. The van der Waals surface area contributed by atoms with Gasteiger partial charge in [0, 0.05) is 5.18 Å². The lowest BCUT2D eigenvalue weighted by molar-refractivity contribution is -0.124. The van der Waals surface area contributed by atoms with Crippen LogP contribution in [0.15, 0.2) is 5.18 Å². The molecule has 64 valence electrons. The maximum atomic E-state index is 11.0. The molecule has 11 heavy (non-hydrogen) atoms. The molecule has 0 aliphatic heterocycles. The summed E-state index contributed by atoms with van der Waals surface area (Å²) >= 11 is 0. The van der Waals surface area contributed by atoms with E-state index in [1.54, 1.807) is 7.05 Å². The molecule has 0 aliphatic carbocycles. The average molecular weight is 158 g/mol. The summed E-state index contributed by atoms with van der Waals surface area (Å²) in [6.45, 7) is 3.70. The van der Waals surface area contributed by atoms with Crippen LogP contribution in [-0.2, 0) is 4.79 Å². The highest BCUT2D eigenvalue weighted by atomic mass is 16.3. The Morgan fingerprint density at radius 2 is 1.91 bits per heavy atom. The highest BCUT2D eigenvalue weighted by molar-refractivity contribution is 5.86. The molecule has 4 heteroatoms. The van der Waals surface area contributed by atoms with Gasteiger partial charge in [-0.15, -0.1) is 4.91 Å². The number of nitroso groups, excluding NO2 is 1. The molecule has 1 amide bonds. The van der Waals surface area contributed by atoms with Gasteiger partial charge in [0.15, 0.2) is 0 Å². The fraction of sp³-hybridized carbons (Fsp3) is 0.857. The second kappa shape index (κ2) is 4.18. The normalized spacial score (nSPS) is 11.2. The number of amides is 1. The van der Waals surface area contributed by atoms with Gasteiger partial charge in [-0.1, -0.05) is 13.8 Å². The second-order valence-electron chi connectivity index (χ2n) is 2.44. The molecule has 0 atom stereocenters. The molecule has 0 unspecified atom stereocenters. The predicted octanol–water partition coefficient (Wildman–Crippen LogP) is 1.06. The maximum Gasteiger partial charge on any atom is 0.306 e. The summed E-state index contributed by atoms with van der Waals surface area (Å²) in [6.07, 6.45) is 1.18. The molecule has 0 aromatic heterocycles. The Morgan fingerprint density at radius 3 is 2.00 bits per heavy atom. The van der Waals surface area contributed by atoms with Crippen molar-refractivity contribution in [1.82, 2.24) is 5.32 Å². The van der Waals surface area contributed by atoms with Crippen molar-refractivity contribution in [3.63, 3.8) is 0 Å². The third-order valence-electron chi connectivity index (χ3n) is 2.18. The van der Waals surface area contributed by atoms with E-state index in [-0.39, 0.29) is 0 Å². The van der Waals surface area contributed by atoms with Crippen molar-refractivity contribution in [3.8, 4) is 0 Å². The SMILES string of the molecule is CCC(CC)(NC)C(=O)N=O. The molecule has 0 rings (SSSR count). The van der Waals surface area contributed by atoms with Crippen molar-refractivity contribution in [2.45, 2.75) is 32.2 Å². The molecule has 0 spiro atoms. The standard InChI is InChI=1S/C7H14N2O2/c1-4-7(5-2,8-3)6(10)9-11/h8H,4-5H2,1-3H3. The van der Waals surface area contributed by atoms with Crippen LogP contribution in [0.2, 0.25) is 0 Å². The van der Waals surface area contributed by atoms with Crippen molar-refractivity contribution in [2.75, 3.05) is 7.05 Å². The van der Waals surface area contributed by atoms with E-state index >= 15 is 0 Å². The monoisotopic (exact) mass is 158 g/mol. The molecule has 1 N–H and O–H groups in total. The third-order valence-corrected chi connectivity index (χ3v) is 2.18. The van der Waals surface area contributed by atoms with Gasteiger partial charge in [-0.05, 0) is 19.9 Å². The number of carbonyl (C=O) groups excluding carboxylic acids is 1. The van der Waals surface area contributed by atoms with Gasteiger partial charge in [0.25, 0.3) is 0 Å². The highest BCUT2D eigenvalue weighted by Crippen LogP contribution is 2.15. The van der Waals surface area contributed by atoms with Crippen LogP contribution in [-0.4, -0.2) is 18.5 Å². The molecule has 0 aliphatic rings. The Kier molecular flexibility index (Phi) is 3.89. The number of hydrogen-bond donors (Lipinski definition) is 1. The van der Waals surface area contributed by atoms with Gasteiger partial charge in [-0.2, -0.15) is 0 Å². The van der Waals surface area contributed by atoms with Crippen LogP contribution in [0.5, 0.6) is 0 Å². The first-order valence-electron chi connectivity index (χ1n) is 3.73. The molecule has 0 saturated carbocycles. The lowest BCUT2D eigenvalue weighted by Crippen LogP contribution is -2.48. The van der Waals surface area contributed by atoms with Crippen molar-refractivity contribution < 1.29 is 4.79 Å². The van der Waals surface area contributed by atoms with E-state index in [9.17, 15) is 9.70 Å². The molecule has 0 heterocycles. The summed E-state index contributed by atoms with van der Waals surface area (Å²) in [5.74, 6) is -0.606. The zero-order valence-electron chi connectivity index (χ0n) is 7.18. The van der Waals surface area contributed by atoms with Gasteiger partial charge in [0.1, 0.15) is 5.54 Å². The van der Waals surface area contributed by atoms with Crippen molar-refractivity contribution in [2.24, 2.45) is 5.18 Å². The van der Waals surface area contributed by atoms with E-state index in [1.807, 2.05) is 13.8 Å². The molecule has 0 fully saturated rings. The van der Waals surface area contributed by atoms with E-state index < -0.39 is 11.4 Å². The zero-order chi connectivity index (χ0) is 8.91. The van der Waals surface area contributed by atoms with E-state index in [1.165, 1.54) is 0 Å². The summed E-state index contributed by atoms with van der Waals surface area (Å²) in [6, 6.07) is 0. The van der Waals surface area contributed by atoms with E-state index in [0.717, 1.165) is 0 Å². The van der Waals surface area contributed by atoms with Crippen molar-refractivity contribution >= 4 is 5.91 Å². The summed E-state index contributed by atoms with van der Waals surface area (Å²) in [7, 11) is 1.66. The quantitative estimate of drug-likeness (QED) is 0.622. The van der Waals surface area contributed by atoms with Gasteiger partial charge >= 0.3 is 5.91 Å². The van der Waals surface area contributed by atoms with E-state index in [0.29, 0.717) is 12.8 Å². The van der Waals surface area contributed by atoms with Gasteiger partial charge < -0.3 is 5.32 Å². The lowest BCUT2D eigenvalue weighted by atomic mass is 9.92. The first-order chi connectivity index (χ1) is 5.16. The third kappa shape index (κ3) is 1.83. The Hall–Kier alpha value is -0.770. The second-order valence-corrected chi connectivity index (χ2v) is 2.44. The molecule has 4 nitrogen and oxygen atoms in total. The minimum absolute atomic E-state index is 0.588. The van der Waals surface area contributed by atoms with Crippen LogP contribution in [0.25, 0.3) is 0 Å². The largest absolute Gasteiger partial charge is 0.306 e. The number of hydrogen-bond acceptors (Lipinski definition) is 3. The molecule has 0 radical (unpaired) electrons. The highest BCUT2D eigenvalue weighted by Gasteiger charge is 2.33. The Balaban J connectivity index is 4.52. The van der Waals surface area contributed by atoms with Crippen LogP contribution in [0.3, 0.4) is 0 Å². The zero-order valence-corrected chi connectivity index (χ0v) is 7.18. The molecule has 0 bridgehead atoms. The summed E-state index contributed by atoms with van der Waals surface area (Å²) in [5, 5.41) is 5.24. The van der Waals surface area contributed by atoms with Crippen LogP contribution in [0.1, 0.15) is 26.7 Å². The topological polar surface area (TPSA) is 58.5 Å². The molecular weight excluding hydrogens is 144 g/mol. The first-order valence-corrected chi connectivity index (χ1v) is 3.73. The molecule has 0 aromatic rings. The molecular formula is C7H14N2O2. The molecule has 0 aromatic carbocycles. The van der Waals surface area contributed by atoms with Crippen LogP contribution in [0, 0.1) is 4.91 Å². The van der Waals surface area contributed by atoms with Crippen LogP contribution < -0.4 is 5.32 Å². The van der Waals surface area contributed by atoms with Crippen LogP contribution >= 0.6 is 0 Å². The summed E-state index contributed by atoms with van der Waals surface area (Å²) < 4.78 is 0. The van der Waals surface area contributed by atoms with Gasteiger partial charge in [0.05, 0.1) is 0 Å². The number of carbonyl (C=O) groups is 1. The fourth-order valence-electron chi connectivity index (χ4n) is 1.10. The van der Waals surface area contributed by atoms with E-state index in [2.05, 4.69) is 10.5 Å². The Morgan fingerprint density at radius 1 is 1.45 bits per heavy atom. The number of rotatable bonds is 4. The summed E-state index contributed by atoms with van der Waals surface area (Å²) in [4.78, 5) is 21.0. The van der Waals surface area contributed by atoms with Crippen molar-refractivity contribution in [1.29, 1.82) is 0 Å². The van der Waals surface area contributed by atoms with Gasteiger partial charge in [-0.25, -0.2) is 0 Å². The fourth-order valence-corrected chi connectivity index (χ4v) is 1.10. The summed E-state index contributed by atoms with van der Waals surface area (Å²) in [5.41, 5.74) is -0.734. The number of nitrogens with one attached hydrogen (secondary N) is 1. The van der Waals surface area contributed by atoms with Crippen molar-refractivity contribution in [3.05, 3.63) is 4.91 Å². The van der Waals surface area contributed by atoms with Crippen LogP contribution in [0.4, 0.5) is 0 Å². The molecule has 0 saturated heterocycles. The number of nitrogens with zero attached hydrogens (tertiary/aromatic N) is 1. The van der Waals surface area contributed by atoms with Gasteiger partial charge in [0.2, 0.25) is 0 Å². The van der Waals surface area contributed by atoms with Gasteiger partial charge in [-0.3, -0.25) is 4.79 Å². The maximum absolute atomic E-state index is 11.0. The Bertz CT molecular complexity index is 144. The minimum Gasteiger partial charge on any atom is -0.306 e. The first kappa shape index (κ1) is 10.2. The predicted molar refractivity (Wildman–Crippen MR) is 43.2 cm³/mol. The van der Waals surface area contributed by atoms with E-state index in [4.69, 9.17) is 0 Å².